The lowest BCUT2D eigenvalue weighted by atomic mass is 9.64. The third-order valence-corrected chi connectivity index (χ3v) is 5.18. The highest BCUT2D eigenvalue weighted by Gasteiger charge is 2.34. The van der Waals surface area contributed by atoms with Gasteiger partial charge in [-0.15, -0.1) is 0 Å². The number of allylic oxidation sites excluding steroid dienone is 8. The molecule has 0 aromatic carbocycles. The van der Waals surface area contributed by atoms with Crippen LogP contribution in [-0.4, -0.2) is 4.93 Å². The number of rotatable bonds is 6. The standard InChI is InChI=1S/C22H36.CH3I.H2/c1-7-11-20(14-9-12-18(3)8-2)15-16-21-19(4)13-10-17-22(21,5)6;1-2;/h8-9,12,14-16,19,21H,7,10-11,13,17H2,1-6H3;1H3;1H/b12-9+,16-15+,18-8+,20-14-;;. The normalized spacial score (nSPS) is 25.0. The van der Waals surface area contributed by atoms with Crippen LogP contribution in [0, 0.1) is 17.3 Å². The van der Waals surface area contributed by atoms with Crippen molar-refractivity contribution in [3.05, 3.63) is 47.6 Å². The average Bonchev–Trinajstić information content (AvgIpc) is 2.55. The van der Waals surface area contributed by atoms with Crippen molar-refractivity contribution in [1.29, 1.82) is 0 Å². The van der Waals surface area contributed by atoms with Crippen molar-refractivity contribution in [1.82, 2.24) is 0 Å². The molecule has 0 nitrogen and oxygen atoms in total. The minimum atomic E-state index is 0. The maximum absolute atomic E-state index is 2.50. The minimum absolute atomic E-state index is 0. The molecule has 0 N–H and O–H groups in total. The Morgan fingerprint density at radius 2 is 1.92 bits per heavy atom. The van der Waals surface area contributed by atoms with Gasteiger partial charge < -0.3 is 0 Å². The summed E-state index contributed by atoms with van der Waals surface area (Å²) in [6.07, 6.45) is 20.2. The summed E-state index contributed by atoms with van der Waals surface area (Å²) in [6.45, 7) is 13.8. The molecule has 0 amide bonds. The van der Waals surface area contributed by atoms with E-state index in [0.29, 0.717) is 11.3 Å². The molecule has 1 heteroatoms. The first-order valence-electron chi connectivity index (χ1n) is 9.47. The molecule has 0 radical (unpaired) electrons. The van der Waals surface area contributed by atoms with Gasteiger partial charge in [0.2, 0.25) is 0 Å². The van der Waals surface area contributed by atoms with Gasteiger partial charge in [0.1, 0.15) is 0 Å². The third kappa shape index (κ3) is 8.69. The third-order valence-electron chi connectivity index (χ3n) is 5.18. The van der Waals surface area contributed by atoms with Gasteiger partial charge >= 0.3 is 0 Å². The fourth-order valence-electron chi connectivity index (χ4n) is 3.60. The smallest absolute Gasteiger partial charge is 0 e. The van der Waals surface area contributed by atoms with Crippen LogP contribution in [-0.2, 0) is 0 Å². The Hall–Kier alpha value is -0.310. The molecule has 0 heterocycles. The van der Waals surface area contributed by atoms with Crippen molar-refractivity contribution < 1.29 is 1.43 Å². The van der Waals surface area contributed by atoms with Gasteiger partial charge in [-0.1, -0.05) is 112 Å². The Morgan fingerprint density at radius 3 is 2.46 bits per heavy atom. The maximum Gasteiger partial charge on any atom is 0 e. The van der Waals surface area contributed by atoms with Crippen molar-refractivity contribution >= 4 is 22.6 Å². The topological polar surface area (TPSA) is 0 Å². The van der Waals surface area contributed by atoms with E-state index in [1.165, 1.54) is 36.8 Å². The first-order valence-corrected chi connectivity index (χ1v) is 11.6. The van der Waals surface area contributed by atoms with Gasteiger partial charge in [-0.3, -0.25) is 0 Å². The van der Waals surface area contributed by atoms with Crippen LogP contribution in [0.15, 0.2) is 47.6 Å². The van der Waals surface area contributed by atoms with E-state index in [1.54, 1.807) is 0 Å². The summed E-state index contributed by atoms with van der Waals surface area (Å²) in [5, 5.41) is 0. The van der Waals surface area contributed by atoms with Crippen LogP contribution < -0.4 is 0 Å². The van der Waals surface area contributed by atoms with Crippen LogP contribution in [0.25, 0.3) is 0 Å². The predicted octanol–water partition coefficient (Wildman–Crippen LogP) is 8.55. The predicted molar refractivity (Wildman–Crippen MR) is 123 cm³/mol. The molecule has 1 rings (SSSR count). The number of hydrogen-bond acceptors (Lipinski definition) is 0. The van der Waals surface area contributed by atoms with Crippen LogP contribution in [0.4, 0.5) is 0 Å². The number of hydrogen-bond donors (Lipinski definition) is 0. The molecule has 24 heavy (non-hydrogen) atoms. The zero-order chi connectivity index (χ0) is 18.6. The Balaban J connectivity index is 0. The van der Waals surface area contributed by atoms with Gasteiger partial charge in [0.25, 0.3) is 0 Å². The monoisotopic (exact) mass is 444 g/mol. The van der Waals surface area contributed by atoms with E-state index in [2.05, 4.69) is 101 Å². The van der Waals surface area contributed by atoms with Gasteiger partial charge in [-0.05, 0) is 54.4 Å². The molecular weight excluding hydrogens is 403 g/mol. The van der Waals surface area contributed by atoms with Crippen molar-refractivity contribution in [3.8, 4) is 0 Å². The van der Waals surface area contributed by atoms with Crippen LogP contribution >= 0.6 is 22.6 Å². The highest BCUT2D eigenvalue weighted by molar-refractivity contribution is 14.1. The second-order valence-electron chi connectivity index (χ2n) is 7.63. The quantitative estimate of drug-likeness (QED) is 0.219. The molecule has 140 valence electrons. The SMILES string of the molecule is C/C=C(C)/C=C/C=C(\C=C\C1C(C)CCCC1(C)C)CCC.CI.[HH]. The minimum Gasteiger partial charge on any atom is -0.0901 e. The lowest BCUT2D eigenvalue weighted by Crippen LogP contribution is -2.32. The Morgan fingerprint density at radius 1 is 1.25 bits per heavy atom. The van der Waals surface area contributed by atoms with Crippen molar-refractivity contribution in [3.63, 3.8) is 0 Å². The molecule has 1 aliphatic rings. The van der Waals surface area contributed by atoms with Crippen LogP contribution in [0.2, 0.25) is 0 Å². The Labute approximate surface area is 167 Å². The van der Waals surface area contributed by atoms with Crippen LogP contribution in [0.3, 0.4) is 0 Å². The molecule has 0 saturated heterocycles. The lowest BCUT2D eigenvalue weighted by molar-refractivity contribution is 0.123. The molecule has 0 aromatic heterocycles. The van der Waals surface area contributed by atoms with Crippen molar-refractivity contribution in [2.45, 2.75) is 73.6 Å². The average molecular weight is 444 g/mol. The number of alkyl halides is 1. The van der Waals surface area contributed by atoms with Crippen LogP contribution in [0.5, 0.6) is 0 Å². The van der Waals surface area contributed by atoms with E-state index in [9.17, 15) is 0 Å². The molecule has 1 saturated carbocycles. The first kappa shape index (κ1) is 23.7. The molecule has 1 fully saturated rings. The van der Waals surface area contributed by atoms with E-state index < -0.39 is 0 Å². The largest absolute Gasteiger partial charge is 0.0901 e. The van der Waals surface area contributed by atoms with Crippen molar-refractivity contribution in [2.24, 2.45) is 17.3 Å². The van der Waals surface area contributed by atoms with Gasteiger partial charge in [0, 0.05) is 1.43 Å². The lowest BCUT2D eigenvalue weighted by Gasteiger charge is -2.41. The zero-order valence-corrected chi connectivity index (χ0v) is 19.2. The fourth-order valence-corrected chi connectivity index (χ4v) is 3.60. The fraction of sp³-hybridized carbons (Fsp3) is 0.652. The summed E-state index contributed by atoms with van der Waals surface area (Å²) >= 11 is 2.15. The van der Waals surface area contributed by atoms with Crippen LogP contribution in [0.1, 0.15) is 75.1 Å². The van der Waals surface area contributed by atoms with Gasteiger partial charge in [0.05, 0.1) is 0 Å². The zero-order valence-electron chi connectivity index (χ0n) is 17.0. The van der Waals surface area contributed by atoms with Crippen molar-refractivity contribution in [2.75, 3.05) is 4.93 Å². The molecule has 2 atom stereocenters. The van der Waals surface area contributed by atoms with E-state index in [0.717, 1.165) is 12.3 Å². The first-order chi connectivity index (χ1) is 11.4. The molecular formula is C23H41I. The van der Waals surface area contributed by atoms with E-state index in [-0.39, 0.29) is 1.43 Å². The highest BCUT2D eigenvalue weighted by atomic mass is 127. The molecule has 0 bridgehead atoms. The molecule has 0 spiro atoms. The molecule has 1 aliphatic carbocycles. The second kappa shape index (κ2) is 13.0. The summed E-state index contributed by atoms with van der Waals surface area (Å²) in [4.78, 5) is 1.97. The summed E-state index contributed by atoms with van der Waals surface area (Å²) < 4.78 is 0. The Bertz CT molecular complexity index is 455. The summed E-state index contributed by atoms with van der Waals surface area (Å²) in [5.74, 6) is 1.52. The number of halogens is 1. The second-order valence-corrected chi connectivity index (χ2v) is 7.63. The summed E-state index contributed by atoms with van der Waals surface area (Å²) in [5.41, 5.74) is 3.22. The molecule has 0 aromatic rings. The highest BCUT2D eigenvalue weighted by Crippen LogP contribution is 2.44. The maximum atomic E-state index is 2.50. The molecule has 0 aliphatic heterocycles. The van der Waals surface area contributed by atoms with Gasteiger partial charge in [-0.2, -0.15) is 0 Å². The Kier molecular flexibility index (Phi) is 12.8. The summed E-state index contributed by atoms with van der Waals surface area (Å²) in [7, 11) is 0. The van der Waals surface area contributed by atoms with Gasteiger partial charge in [0.15, 0.2) is 0 Å². The van der Waals surface area contributed by atoms with E-state index in [4.69, 9.17) is 0 Å². The summed E-state index contributed by atoms with van der Waals surface area (Å²) in [6, 6.07) is 0. The molecule has 2 unspecified atom stereocenters. The van der Waals surface area contributed by atoms with Gasteiger partial charge in [-0.25, -0.2) is 0 Å². The van der Waals surface area contributed by atoms with E-state index in [1.807, 2.05) is 4.93 Å². The van der Waals surface area contributed by atoms with E-state index >= 15 is 0 Å².